The highest BCUT2D eigenvalue weighted by Crippen LogP contribution is 2.15. The number of primary amides is 1. The molecule has 1 atom stereocenters. The molecule has 1 aromatic carbocycles. The second-order valence-electron chi connectivity index (χ2n) is 3.57. The molecule has 6 heteroatoms. The largest absolute Gasteiger partial charge is 0.487 e. The van der Waals surface area contributed by atoms with E-state index in [4.69, 9.17) is 10.5 Å². The summed E-state index contributed by atoms with van der Waals surface area (Å²) in [6, 6.07) is 6.76. The summed E-state index contributed by atoms with van der Waals surface area (Å²) in [5.41, 5.74) is 6.57. The zero-order valence-electron chi connectivity index (χ0n) is 9.84. The van der Waals surface area contributed by atoms with Crippen LogP contribution in [-0.4, -0.2) is 17.6 Å². The molecule has 0 aliphatic rings. The van der Waals surface area contributed by atoms with Gasteiger partial charge in [0.2, 0.25) is 5.91 Å². The average molecular weight is 280 g/mol. The number of thiazole rings is 1. The molecule has 2 rings (SSSR count). The molecule has 0 fully saturated rings. The number of aromatic nitrogens is 1. The van der Waals surface area contributed by atoms with Crippen LogP contribution in [-0.2, 0) is 6.61 Å². The van der Waals surface area contributed by atoms with Crippen LogP contribution >= 0.6 is 19.9 Å². The van der Waals surface area contributed by atoms with Crippen molar-refractivity contribution in [1.29, 1.82) is 0 Å². The van der Waals surface area contributed by atoms with Crippen LogP contribution in [0.4, 0.5) is 0 Å². The highest BCUT2D eigenvalue weighted by Gasteiger charge is 2.03. The van der Waals surface area contributed by atoms with Crippen molar-refractivity contribution in [2.24, 2.45) is 5.73 Å². The number of hydrogen-bond acceptors (Lipinski definition) is 4. The number of hydrogen-bond donors (Lipinski definition) is 1. The Hall–Kier alpha value is -1.45. The van der Waals surface area contributed by atoms with E-state index in [1.807, 2.05) is 5.38 Å². The summed E-state index contributed by atoms with van der Waals surface area (Å²) in [6.45, 7) is 2.54. The molecular weight excluding hydrogens is 267 g/mol. The lowest BCUT2D eigenvalue weighted by atomic mass is 10.2. The molecule has 0 aliphatic carbocycles. The van der Waals surface area contributed by atoms with Crippen molar-refractivity contribution in [2.75, 3.05) is 6.66 Å². The Morgan fingerprint density at radius 3 is 2.72 bits per heavy atom. The Balaban J connectivity index is 1.95. The summed E-state index contributed by atoms with van der Waals surface area (Å²) in [4.78, 5) is 15.3. The summed E-state index contributed by atoms with van der Waals surface area (Å²) < 4.78 is 6.72. The minimum absolute atomic E-state index is 0.436. The summed E-state index contributed by atoms with van der Waals surface area (Å²) >= 11 is 1.65. The summed E-state index contributed by atoms with van der Waals surface area (Å²) in [6.07, 6.45) is 0. The zero-order chi connectivity index (χ0) is 13.0. The van der Waals surface area contributed by atoms with Gasteiger partial charge < -0.3 is 10.5 Å². The van der Waals surface area contributed by atoms with Crippen molar-refractivity contribution in [1.82, 2.24) is 4.98 Å². The maximum atomic E-state index is 10.9. The van der Waals surface area contributed by atoms with Crippen LogP contribution in [0.25, 0.3) is 0 Å². The highest BCUT2D eigenvalue weighted by atomic mass is 32.1. The Kier molecular flexibility index (Phi) is 4.28. The van der Waals surface area contributed by atoms with Gasteiger partial charge in [0, 0.05) is 10.9 Å². The molecule has 0 radical (unpaired) electrons. The fourth-order valence-electron chi connectivity index (χ4n) is 1.36. The van der Waals surface area contributed by atoms with E-state index in [0.29, 0.717) is 17.9 Å². The van der Waals surface area contributed by atoms with Gasteiger partial charge in [0.1, 0.15) is 17.1 Å². The molecule has 0 saturated carbocycles. The predicted octanol–water partition coefficient (Wildman–Crippen LogP) is 1.75. The Labute approximate surface area is 111 Å². The maximum Gasteiger partial charge on any atom is 0.248 e. The third-order valence-electron chi connectivity index (χ3n) is 2.29. The lowest BCUT2D eigenvalue weighted by Crippen LogP contribution is -2.10. The molecule has 1 amide bonds. The molecule has 0 bridgehead atoms. The molecule has 1 unspecified atom stereocenters. The van der Waals surface area contributed by atoms with Crippen LogP contribution in [0, 0.1) is 0 Å². The van der Waals surface area contributed by atoms with Gasteiger partial charge in [-0.1, -0.05) is 8.58 Å². The van der Waals surface area contributed by atoms with Gasteiger partial charge in [0.05, 0.1) is 5.69 Å². The number of amides is 1. The molecule has 2 N–H and O–H groups in total. The summed E-state index contributed by atoms with van der Waals surface area (Å²) in [5, 5.41) is 2.00. The number of carbonyl (C=O) groups excluding carboxylic acids is 1. The number of ether oxygens (including phenoxy) is 1. The number of rotatable bonds is 5. The third-order valence-corrected chi connectivity index (χ3v) is 4.50. The molecular formula is C12H13N2O2PS. The predicted molar refractivity (Wildman–Crippen MR) is 75.3 cm³/mol. The first kappa shape index (κ1) is 13.0. The van der Waals surface area contributed by atoms with E-state index < -0.39 is 5.91 Å². The number of carbonyl (C=O) groups is 1. The van der Waals surface area contributed by atoms with E-state index in [2.05, 4.69) is 11.6 Å². The minimum atomic E-state index is -0.436. The maximum absolute atomic E-state index is 10.9. The van der Waals surface area contributed by atoms with Crippen LogP contribution in [0.2, 0.25) is 0 Å². The molecule has 18 heavy (non-hydrogen) atoms. The zero-order valence-corrected chi connectivity index (χ0v) is 11.7. The average Bonchev–Trinajstić information content (AvgIpc) is 2.85. The monoisotopic (exact) mass is 280 g/mol. The van der Waals surface area contributed by atoms with E-state index >= 15 is 0 Å². The number of benzene rings is 1. The first-order valence-electron chi connectivity index (χ1n) is 5.34. The first-order chi connectivity index (χ1) is 8.69. The van der Waals surface area contributed by atoms with Crippen molar-refractivity contribution < 1.29 is 9.53 Å². The lowest BCUT2D eigenvalue weighted by molar-refractivity contribution is 0.100. The van der Waals surface area contributed by atoms with E-state index in [9.17, 15) is 4.79 Å². The van der Waals surface area contributed by atoms with Gasteiger partial charge in [-0.05, 0) is 30.9 Å². The van der Waals surface area contributed by atoms with Crippen LogP contribution in [0.1, 0.15) is 16.1 Å². The van der Waals surface area contributed by atoms with Gasteiger partial charge in [0.15, 0.2) is 0 Å². The second-order valence-corrected chi connectivity index (χ2v) is 5.77. The minimum Gasteiger partial charge on any atom is -0.487 e. The molecule has 1 heterocycles. The fourth-order valence-corrected chi connectivity index (χ4v) is 2.80. The van der Waals surface area contributed by atoms with Crippen molar-refractivity contribution in [3.63, 3.8) is 0 Å². The van der Waals surface area contributed by atoms with Crippen LogP contribution in [0.3, 0.4) is 0 Å². The molecule has 0 saturated heterocycles. The van der Waals surface area contributed by atoms with Crippen LogP contribution < -0.4 is 15.2 Å². The summed E-state index contributed by atoms with van der Waals surface area (Å²) in [7, 11) is 0.718. The topological polar surface area (TPSA) is 65.2 Å². The number of nitrogens with two attached hydrogens (primary N) is 1. The van der Waals surface area contributed by atoms with Crippen molar-refractivity contribution in [2.45, 2.75) is 6.61 Å². The Morgan fingerprint density at radius 2 is 2.17 bits per heavy atom. The fraction of sp³-hybridized carbons (Fsp3) is 0.167. The molecule has 0 spiro atoms. The Morgan fingerprint density at radius 1 is 1.44 bits per heavy atom. The smallest absolute Gasteiger partial charge is 0.248 e. The van der Waals surface area contributed by atoms with E-state index in [0.717, 1.165) is 19.0 Å². The first-order valence-corrected chi connectivity index (χ1v) is 7.72. The van der Waals surface area contributed by atoms with Gasteiger partial charge in [-0.3, -0.25) is 4.79 Å². The van der Waals surface area contributed by atoms with Gasteiger partial charge in [-0.15, -0.1) is 11.3 Å². The molecule has 2 aromatic rings. The van der Waals surface area contributed by atoms with Gasteiger partial charge >= 0.3 is 0 Å². The molecule has 1 aromatic heterocycles. The van der Waals surface area contributed by atoms with E-state index in [1.165, 1.54) is 0 Å². The normalized spacial score (nSPS) is 10.9. The van der Waals surface area contributed by atoms with E-state index in [-0.39, 0.29) is 0 Å². The van der Waals surface area contributed by atoms with Gasteiger partial charge in [-0.25, -0.2) is 4.98 Å². The Bertz CT molecular complexity index is 539. The van der Waals surface area contributed by atoms with Gasteiger partial charge in [0.25, 0.3) is 0 Å². The van der Waals surface area contributed by atoms with Gasteiger partial charge in [-0.2, -0.15) is 0 Å². The lowest BCUT2D eigenvalue weighted by Gasteiger charge is -2.04. The van der Waals surface area contributed by atoms with Crippen LogP contribution in [0.15, 0.2) is 29.6 Å². The molecule has 94 valence electrons. The van der Waals surface area contributed by atoms with Crippen molar-refractivity contribution >= 4 is 30.6 Å². The third kappa shape index (κ3) is 3.28. The molecule has 0 aliphatic heterocycles. The summed E-state index contributed by atoms with van der Waals surface area (Å²) in [5.74, 6) is 0.267. The standard InChI is InChI=1S/C12H13N2O2PS/c1-17-12-14-9(7-18-12)6-16-10-4-2-8(3-5-10)11(13)15/h2-5,7,17H,6H2,1H3,(H2,13,15). The quantitative estimate of drug-likeness (QED) is 0.849. The van der Waals surface area contributed by atoms with E-state index in [1.54, 1.807) is 35.6 Å². The second kappa shape index (κ2) is 5.94. The number of nitrogens with zero attached hydrogens (tertiary/aromatic N) is 1. The molecule has 4 nitrogen and oxygen atoms in total. The van der Waals surface area contributed by atoms with Crippen molar-refractivity contribution in [3.8, 4) is 5.75 Å². The SMILES string of the molecule is CPc1nc(COc2ccc(C(N)=O)cc2)cs1. The van der Waals surface area contributed by atoms with Crippen molar-refractivity contribution in [3.05, 3.63) is 40.9 Å². The van der Waals surface area contributed by atoms with Crippen LogP contribution in [0.5, 0.6) is 5.75 Å². The highest BCUT2D eigenvalue weighted by molar-refractivity contribution is 7.55.